The number of carbonyl (C=O) groups is 2. The Morgan fingerprint density at radius 2 is 1.62 bits per heavy atom. The molecule has 0 spiro atoms. The number of nitrogens with two attached hydrogens (primary N) is 1. The van der Waals surface area contributed by atoms with Gasteiger partial charge in [-0.1, -0.05) is 60.7 Å². The monoisotopic (exact) mass is 326 g/mol. The van der Waals surface area contributed by atoms with Crippen LogP contribution in [0.15, 0.2) is 60.7 Å². The van der Waals surface area contributed by atoms with Gasteiger partial charge in [-0.05, 0) is 12.5 Å². The summed E-state index contributed by atoms with van der Waals surface area (Å²) in [5.74, 6) is -1.53. The molecule has 0 heterocycles. The minimum Gasteiger partial charge on any atom is -0.544 e. The molecule has 0 aliphatic carbocycles. The Morgan fingerprint density at radius 3 is 2.21 bits per heavy atom. The van der Waals surface area contributed by atoms with Crippen molar-refractivity contribution < 1.29 is 20.0 Å². The van der Waals surface area contributed by atoms with Crippen molar-refractivity contribution in [1.29, 1.82) is 0 Å². The Hall–Kier alpha value is -2.66. The van der Waals surface area contributed by atoms with E-state index < -0.39 is 12.0 Å². The summed E-state index contributed by atoms with van der Waals surface area (Å²) >= 11 is 0. The van der Waals surface area contributed by atoms with Crippen LogP contribution in [0.4, 0.5) is 0 Å². The number of hydrogen-bond donors (Lipinski definition) is 2. The van der Waals surface area contributed by atoms with Crippen molar-refractivity contribution in [2.24, 2.45) is 0 Å². The van der Waals surface area contributed by atoms with E-state index in [1.54, 1.807) is 5.32 Å². The quantitative estimate of drug-likeness (QED) is 0.723. The molecule has 24 heavy (non-hydrogen) atoms. The predicted molar refractivity (Wildman–Crippen MR) is 88.5 cm³/mol. The number of nitrogens with one attached hydrogen (secondary N) is 1. The molecule has 0 unspecified atom stereocenters. The van der Waals surface area contributed by atoms with Gasteiger partial charge >= 0.3 is 0 Å². The number of quaternary nitrogens is 1. The summed E-state index contributed by atoms with van der Waals surface area (Å²) in [5.41, 5.74) is 1.98. The van der Waals surface area contributed by atoms with Crippen LogP contribution in [0.3, 0.4) is 0 Å². The highest BCUT2D eigenvalue weighted by molar-refractivity contribution is 5.82. The number of aliphatic carboxylic acids is 1. The molecule has 2 aromatic rings. The van der Waals surface area contributed by atoms with Crippen molar-refractivity contribution in [2.45, 2.75) is 32.0 Å². The molecule has 126 valence electrons. The summed E-state index contributed by atoms with van der Waals surface area (Å²) in [6, 6.07) is 18.0. The first-order chi connectivity index (χ1) is 11.6. The maximum atomic E-state index is 12.1. The number of rotatable bonds is 8. The van der Waals surface area contributed by atoms with Crippen molar-refractivity contribution in [1.82, 2.24) is 5.32 Å². The maximum Gasteiger partial charge on any atom is 0.226 e. The summed E-state index contributed by atoms with van der Waals surface area (Å²) in [7, 11) is 0. The molecule has 2 atom stereocenters. The highest BCUT2D eigenvalue weighted by Crippen LogP contribution is 2.11. The molecule has 5 heteroatoms. The molecule has 2 aromatic carbocycles. The van der Waals surface area contributed by atoms with Gasteiger partial charge < -0.3 is 20.5 Å². The topological polar surface area (TPSA) is 85.8 Å². The zero-order chi connectivity index (χ0) is 17.4. The van der Waals surface area contributed by atoms with E-state index in [9.17, 15) is 14.7 Å². The zero-order valence-corrected chi connectivity index (χ0v) is 13.6. The van der Waals surface area contributed by atoms with Gasteiger partial charge in [-0.2, -0.15) is 0 Å². The maximum absolute atomic E-state index is 12.1. The average Bonchev–Trinajstić information content (AvgIpc) is 2.60. The summed E-state index contributed by atoms with van der Waals surface area (Å²) in [6.45, 7) is 2.36. The van der Waals surface area contributed by atoms with Gasteiger partial charge in [-0.25, -0.2) is 0 Å². The Kier molecular flexibility index (Phi) is 6.51. The second-order valence-corrected chi connectivity index (χ2v) is 5.75. The van der Waals surface area contributed by atoms with Crippen LogP contribution in [0.5, 0.6) is 0 Å². The van der Waals surface area contributed by atoms with E-state index in [4.69, 9.17) is 0 Å². The lowest BCUT2D eigenvalue weighted by molar-refractivity contribution is -0.697. The minimum absolute atomic E-state index is 0.119. The Morgan fingerprint density at radius 1 is 1.04 bits per heavy atom. The largest absolute Gasteiger partial charge is 0.544 e. The number of hydrogen-bond acceptors (Lipinski definition) is 3. The van der Waals surface area contributed by atoms with E-state index in [-0.39, 0.29) is 18.4 Å². The molecular formula is C19H22N2O3. The lowest BCUT2D eigenvalue weighted by Crippen LogP contribution is -2.92. The third-order valence-electron chi connectivity index (χ3n) is 3.87. The third kappa shape index (κ3) is 5.52. The smallest absolute Gasteiger partial charge is 0.226 e. The lowest BCUT2D eigenvalue weighted by Gasteiger charge is -2.19. The minimum atomic E-state index is -1.23. The van der Waals surface area contributed by atoms with Crippen LogP contribution in [0.25, 0.3) is 0 Å². The van der Waals surface area contributed by atoms with Crippen molar-refractivity contribution in [3.8, 4) is 0 Å². The molecule has 5 nitrogen and oxygen atoms in total. The van der Waals surface area contributed by atoms with Gasteiger partial charge in [0.15, 0.2) is 0 Å². The van der Waals surface area contributed by atoms with Gasteiger partial charge in [-0.15, -0.1) is 0 Å². The van der Waals surface area contributed by atoms with Crippen molar-refractivity contribution in [2.75, 3.05) is 0 Å². The van der Waals surface area contributed by atoms with Gasteiger partial charge in [0.2, 0.25) is 5.91 Å². The molecular weight excluding hydrogens is 304 g/mol. The molecule has 0 saturated carbocycles. The Bertz CT molecular complexity index is 659. The number of amides is 1. The molecule has 0 fully saturated rings. The van der Waals surface area contributed by atoms with Crippen LogP contribution in [0, 0.1) is 0 Å². The normalized spacial score (nSPS) is 13.0. The summed E-state index contributed by atoms with van der Waals surface area (Å²) < 4.78 is 0. The number of benzene rings is 2. The molecule has 0 aliphatic rings. The van der Waals surface area contributed by atoms with Crippen LogP contribution in [-0.4, -0.2) is 17.9 Å². The van der Waals surface area contributed by atoms with Crippen LogP contribution in [0.2, 0.25) is 0 Å². The average molecular weight is 326 g/mol. The van der Waals surface area contributed by atoms with Crippen molar-refractivity contribution in [3.63, 3.8) is 0 Å². The summed E-state index contributed by atoms with van der Waals surface area (Å²) in [6.07, 6.45) is -0.119. The van der Waals surface area contributed by atoms with Gasteiger partial charge in [0.05, 0.1) is 18.4 Å². The van der Waals surface area contributed by atoms with Gasteiger partial charge in [0.1, 0.15) is 12.6 Å². The number of carbonyl (C=O) groups excluding carboxylic acids is 2. The third-order valence-corrected chi connectivity index (χ3v) is 3.87. The SMILES string of the molecule is C[C@H](NC(=O)C[C@@H]([NH2+]Cc1ccccc1)C(=O)[O-])c1ccccc1. The predicted octanol–water partition coefficient (Wildman–Crippen LogP) is 0.136. The standard InChI is InChI=1S/C19H22N2O3/c1-14(16-10-6-3-7-11-16)21-18(22)12-17(19(23)24)20-13-15-8-4-2-5-9-15/h2-11,14,17,20H,12-13H2,1H3,(H,21,22)(H,23,24)/t14-,17+/m0/s1. The van der Waals surface area contributed by atoms with Crippen LogP contribution in [0.1, 0.15) is 30.5 Å². The van der Waals surface area contributed by atoms with E-state index >= 15 is 0 Å². The second-order valence-electron chi connectivity index (χ2n) is 5.75. The first kappa shape index (κ1) is 17.7. The second kappa shape index (κ2) is 8.84. The Balaban J connectivity index is 1.87. The Labute approximate surface area is 141 Å². The molecule has 0 aliphatic heterocycles. The van der Waals surface area contributed by atoms with Crippen molar-refractivity contribution >= 4 is 11.9 Å². The molecule has 0 aromatic heterocycles. The fraction of sp³-hybridized carbons (Fsp3) is 0.263. The van der Waals surface area contributed by atoms with Gasteiger partial charge in [0, 0.05) is 5.56 Å². The van der Waals surface area contributed by atoms with Gasteiger partial charge in [-0.3, -0.25) is 4.79 Å². The molecule has 0 bridgehead atoms. The molecule has 1 amide bonds. The first-order valence-corrected chi connectivity index (χ1v) is 7.98. The summed E-state index contributed by atoms with van der Waals surface area (Å²) in [4.78, 5) is 23.4. The van der Waals surface area contributed by atoms with E-state index in [0.29, 0.717) is 6.54 Å². The zero-order valence-electron chi connectivity index (χ0n) is 13.6. The van der Waals surface area contributed by atoms with Crippen LogP contribution in [-0.2, 0) is 16.1 Å². The van der Waals surface area contributed by atoms with Gasteiger partial charge in [0.25, 0.3) is 0 Å². The van der Waals surface area contributed by atoms with Crippen LogP contribution < -0.4 is 15.7 Å². The molecule has 2 rings (SSSR count). The highest BCUT2D eigenvalue weighted by atomic mass is 16.4. The van der Waals surface area contributed by atoms with E-state index in [1.807, 2.05) is 67.6 Å². The first-order valence-electron chi connectivity index (χ1n) is 7.98. The highest BCUT2D eigenvalue weighted by Gasteiger charge is 2.19. The van der Waals surface area contributed by atoms with E-state index in [1.165, 1.54) is 0 Å². The molecule has 0 saturated heterocycles. The summed E-state index contributed by atoms with van der Waals surface area (Å²) in [5, 5.41) is 15.7. The number of carboxylic acid groups (broad SMARTS) is 1. The van der Waals surface area contributed by atoms with E-state index in [0.717, 1.165) is 11.1 Å². The molecule has 0 radical (unpaired) electrons. The molecule has 3 N–H and O–H groups in total. The van der Waals surface area contributed by atoms with Crippen LogP contribution >= 0.6 is 0 Å². The fourth-order valence-electron chi connectivity index (χ4n) is 2.48. The fourth-order valence-corrected chi connectivity index (χ4v) is 2.48. The van der Waals surface area contributed by atoms with E-state index in [2.05, 4.69) is 5.32 Å². The number of carboxylic acids is 1. The van der Waals surface area contributed by atoms with Crippen molar-refractivity contribution in [3.05, 3.63) is 71.8 Å². The lowest BCUT2D eigenvalue weighted by atomic mass is 10.1.